The van der Waals surface area contributed by atoms with Gasteiger partial charge in [-0.15, -0.1) is 0 Å². The molecule has 0 unspecified atom stereocenters. The first-order valence-corrected chi connectivity index (χ1v) is 10.5. The Morgan fingerprint density at radius 1 is 1.04 bits per heavy atom. The monoisotopic (exact) mass is 445 g/mol. The Bertz CT molecular complexity index is 829. The number of nitrogens with one attached hydrogen (secondary N) is 2. The molecule has 7 heteroatoms. The van der Waals surface area contributed by atoms with E-state index >= 15 is 0 Å². The first-order chi connectivity index (χ1) is 13.3. The Morgan fingerprint density at radius 3 is 2.25 bits per heavy atom. The maximum atomic E-state index is 12.4. The molecule has 0 aliphatic heterocycles. The van der Waals surface area contributed by atoms with Gasteiger partial charge in [0, 0.05) is 47.5 Å². The number of rotatable bonds is 5. The highest BCUT2D eigenvalue weighted by Crippen LogP contribution is 2.24. The van der Waals surface area contributed by atoms with E-state index in [-0.39, 0.29) is 11.9 Å². The molecule has 1 aliphatic carbocycles. The molecule has 1 amide bonds. The molecule has 0 spiro atoms. The number of aryl methyl sites for hydroxylation is 1. The average Bonchev–Trinajstić information content (AvgIpc) is 2.66. The van der Waals surface area contributed by atoms with Crippen molar-refractivity contribution in [3.05, 3.63) is 45.6 Å². The van der Waals surface area contributed by atoms with Crippen LogP contribution in [0.4, 0.5) is 11.8 Å². The molecule has 0 bridgehead atoms. The van der Waals surface area contributed by atoms with E-state index in [0.717, 1.165) is 47.2 Å². The molecular formula is C21H28BrN5O. The SMILES string of the molecule is Cc1nc(NC2CCC(NC(=O)c3ccc(Br)cc3)CC2)nc(N(C)C)c1C. The maximum absolute atomic E-state index is 12.4. The predicted molar refractivity (Wildman–Crippen MR) is 117 cm³/mol. The zero-order chi connectivity index (χ0) is 20.3. The summed E-state index contributed by atoms with van der Waals surface area (Å²) < 4.78 is 0.974. The van der Waals surface area contributed by atoms with E-state index in [0.29, 0.717) is 17.6 Å². The highest BCUT2D eigenvalue weighted by molar-refractivity contribution is 9.10. The fourth-order valence-electron chi connectivity index (χ4n) is 3.55. The minimum absolute atomic E-state index is 0.00275. The van der Waals surface area contributed by atoms with Gasteiger partial charge < -0.3 is 15.5 Å². The number of nitrogens with zero attached hydrogens (tertiary/aromatic N) is 3. The number of hydrogen-bond donors (Lipinski definition) is 2. The molecule has 3 rings (SSSR count). The van der Waals surface area contributed by atoms with Gasteiger partial charge in [-0.1, -0.05) is 15.9 Å². The smallest absolute Gasteiger partial charge is 0.251 e. The van der Waals surface area contributed by atoms with E-state index in [1.54, 1.807) is 0 Å². The van der Waals surface area contributed by atoms with Gasteiger partial charge in [0.25, 0.3) is 5.91 Å². The van der Waals surface area contributed by atoms with Crippen molar-refractivity contribution < 1.29 is 4.79 Å². The fourth-order valence-corrected chi connectivity index (χ4v) is 3.81. The molecule has 150 valence electrons. The van der Waals surface area contributed by atoms with Gasteiger partial charge in [-0.3, -0.25) is 4.79 Å². The van der Waals surface area contributed by atoms with Crippen molar-refractivity contribution in [2.75, 3.05) is 24.3 Å². The van der Waals surface area contributed by atoms with Crippen LogP contribution in [-0.4, -0.2) is 42.1 Å². The Balaban J connectivity index is 1.54. The lowest BCUT2D eigenvalue weighted by molar-refractivity contribution is 0.0926. The van der Waals surface area contributed by atoms with Crippen molar-refractivity contribution in [2.45, 2.75) is 51.6 Å². The number of hydrogen-bond acceptors (Lipinski definition) is 5. The molecule has 6 nitrogen and oxygen atoms in total. The molecule has 1 aliphatic rings. The second-order valence-corrected chi connectivity index (χ2v) is 8.56. The minimum Gasteiger partial charge on any atom is -0.362 e. The highest BCUT2D eigenvalue weighted by Gasteiger charge is 2.23. The molecule has 0 atom stereocenters. The third-order valence-electron chi connectivity index (χ3n) is 5.29. The molecule has 2 aromatic rings. The van der Waals surface area contributed by atoms with Gasteiger partial charge in [0.2, 0.25) is 5.95 Å². The number of amides is 1. The number of benzene rings is 1. The van der Waals surface area contributed by atoms with Crippen LogP contribution in [0.3, 0.4) is 0 Å². The van der Waals surface area contributed by atoms with Crippen LogP contribution in [0.25, 0.3) is 0 Å². The third-order valence-corrected chi connectivity index (χ3v) is 5.82. The van der Waals surface area contributed by atoms with E-state index in [2.05, 4.69) is 36.5 Å². The molecule has 1 fully saturated rings. The molecule has 1 aromatic carbocycles. The number of aromatic nitrogens is 2. The summed E-state index contributed by atoms with van der Waals surface area (Å²) in [6, 6.07) is 8.01. The lowest BCUT2D eigenvalue weighted by Gasteiger charge is -2.30. The third kappa shape index (κ3) is 5.01. The summed E-state index contributed by atoms with van der Waals surface area (Å²) in [5.74, 6) is 1.64. The van der Waals surface area contributed by atoms with Crippen molar-refractivity contribution in [3.8, 4) is 0 Å². The zero-order valence-electron chi connectivity index (χ0n) is 16.9. The summed E-state index contributed by atoms with van der Waals surface area (Å²) >= 11 is 3.40. The van der Waals surface area contributed by atoms with Crippen molar-refractivity contribution in [1.82, 2.24) is 15.3 Å². The van der Waals surface area contributed by atoms with Crippen LogP contribution in [0.5, 0.6) is 0 Å². The van der Waals surface area contributed by atoms with Crippen molar-refractivity contribution >= 4 is 33.6 Å². The number of carbonyl (C=O) groups is 1. The standard InChI is InChI=1S/C21H28BrN5O/c1-13-14(2)23-21(26-19(13)27(3)4)25-18-11-9-17(10-12-18)24-20(28)15-5-7-16(22)8-6-15/h5-8,17-18H,9-12H2,1-4H3,(H,24,28)(H,23,25,26). The molecule has 1 saturated carbocycles. The van der Waals surface area contributed by atoms with E-state index in [9.17, 15) is 4.79 Å². The van der Waals surface area contributed by atoms with E-state index in [4.69, 9.17) is 0 Å². The van der Waals surface area contributed by atoms with Gasteiger partial charge in [-0.05, 0) is 63.8 Å². The van der Waals surface area contributed by atoms with E-state index in [1.165, 1.54) is 0 Å². The van der Waals surface area contributed by atoms with Crippen LogP contribution in [0.15, 0.2) is 28.7 Å². The first-order valence-electron chi connectivity index (χ1n) is 9.69. The van der Waals surface area contributed by atoms with Crippen LogP contribution in [0.2, 0.25) is 0 Å². The Morgan fingerprint density at radius 2 is 1.64 bits per heavy atom. The Hall–Kier alpha value is -2.15. The largest absolute Gasteiger partial charge is 0.362 e. The highest BCUT2D eigenvalue weighted by atomic mass is 79.9. The molecule has 2 N–H and O–H groups in total. The summed E-state index contributed by atoms with van der Waals surface area (Å²) in [6.07, 6.45) is 3.87. The Kier molecular flexibility index (Phi) is 6.54. The molecule has 0 saturated heterocycles. The molecular weight excluding hydrogens is 418 g/mol. The second kappa shape index (κ2) is 8.90. The lowest BCUT2D eigenvalue weighted by atomic mass is 9.91. The summed E-state index contributed by atoms with van der Waals surface area (Å²) in [5.41, 5.74) is 2.80. The first kappa shape index (κ1) is 20.6. The summed E-state index contributed by atoms with van der Waals surface area (Å²) in [7, 11) is 4.00. The summed E-state index contributed by atoms with van der Waals surface area (Å²) in [6.45, 7) is 4.07. The van der Waals surface area contributed by atoms with E-state index in [1.807, 2.05) is 57.1 Å². The van der Waals surface area contributed by atoms with Crippen LogP contribution >= 0.6 is 15.9 Å². The summed E-state index contributed by atoms with van der Waals surface area (Å²) in [5, 5.41) is 6.65. The van der Waals surface area contributed by atoms with E-state index < -0.39 is 0 Å². The average molecular weight is 446 g/mol. The quantitative estimate of drug-likeness (QED) is 0.725. The topological polar surface area (TPSA) is 70.1 Å². The number of anilines is 2. The van der Waals surface area contributed by atoms with Crippen LogP contribution in [-0.2, 0) is 0 Å². The lowest BCUT2D eigenvalue weighted by Crippen LogP contribution is -2.40. The molecule has 1 heterocycles. The second-order valence-electron chi connectivity index (χ2n) is 7.65. The van der Waals surface area contributed by atoms with Crippen molar-refractivity contribution in [2.24, 2.45) is 0 Å². The summed E-state index contributed by atoms with van der Waals surface area (Å²) in [4.78, 5) is 23.7. The number of halogens is 1. The van der Waals surface area contributed by atoms with Crippen LogP contribution < -0.4 is 15.5 Å². The van der Waals surface area contributed by atoms with Gasteiger partial charge in [-0.25, -0.2) is 4.98 Å². The van der Waals surface area contributed by atoms with Crippen molar-refractivity contribution in [3.63, 3.8) is 0 Å². The maximum Gasteiger partial charge on any atom is 0.251 e. The van der Waals surface area contributed by atoms with Gasteiger partial charge in [0.15, 0.2) is 0 Å². The normalized spacial score (nSPS) is 19.2. The van der Waals surface area contributed by atoms with Crippen LogP contribution in [0.1, 0.15) is 47.3 Å². The predicted octanol–water partition coefficient (Wildman–Crippen LogP) is 4.08. The fraction of sp³-hybridized carbons (Fsp3) is 0.476. The van der Waals surface area contributed by atoms with Gasteiger partial charge >= 0.3 is 0 Å². The number of carbonyl (C=O) groups excluding carboxylic acids is 1. The molecule has 0 radical (unpaired) electrons. The van der Waals surface area contributed by atoms with Crippen molar-refractivity contribution in [1.29, 1.82) is 0 Å². The zero-order valence-corrected chi connectivity index (χ0v) is 18.5. The molecule has 1 aromatic heterocycles. The minimum atomic E-state index is -0.00275. The van der Waals surface area contributed by atoms with Gasteiger partial charge in [-0.2, -0.15) is 4.98 Å². The Labute approximate surface area is 175 Å². The van der Waals surface area contributed by atoms with Crippen LogP contribution in [0, 0.1) is 13.8 Å². The van der Waals surface area contributed by atoms with Gasteiger partial charge in [0.1, 0.15) is 5.82 Å². The van der Waals surface area contributed by atoms with Gasteiger partial charge in [0.05, 0.1) is 0 Å². The molecule has 28 heavy (non-hydrogen) atoms.